The number of likely N-dealkylation sites (tertiary alicyclic amines) is 1. The Morgan fingerprint density at radius 1 is 1.11 bits per heavy atom. The summed E-state index contributed by atoms with van der Waals surface area (Å²) in [6.07, 6.45) is 4.96. The molecule has 1 aromatic heterocycles. The van der Waals surface area contributed by atoms with Crippen LogP contribution in [-0.2, 0) is 24.9 Å². The number of aryl methyl sites for hydroxylation is 1. The maximum absolute atomic E-state index is 12.4. The number of benzene rings is 1. The van der Waals surface area contributed by atoms with Crippen LogP contribution >= 0.6 is 0 Å². The smallest absolute Gasteiger partial charge is 0.317 e. The summed E-state index contributed by atoms with van der Waals surface area (Å²) in [5.74, 6) is 0.788. The van der Waals surface area contributed by atoms with Crippen molar-refractivity contribution in [2.24, 2.45) is 13.0 Å². The monoisotopic (exact) mass is 385 g/mol. The molecule has 0 saturated carbocycles. The molecule has 1 aliphatic heterocycles. The molecule has 0 radical (unpaired) electrons. The number of rotatable bonds is 6. The molecule has 1 aliphatic rings. The number of methoxy groups -OCH3 is 1. The van der Waals surface area contributed by atoms with Gasteiger partial charge in [0.25, 0.3) is 0 Å². The highest BCUT2D eigenvalue weighted by molar-refractivity contribution is 5.79. The number of piperidine rings is 1. The highest BCUT2D eigenvalue weighted by Crippen LogP contribution is 2.18. The Hall–Kier alpha value is -3.03. The Morgan fingerprint density at radius 3 is 2.39 bits per heavy atom. The molecule has 0 spiro atoms. The van der Waals surface area contributed by atoms with E-state index in [1.807, 2.05) is 37.5 Å². The molecule has 0 aliphatic carbocycles. The minimum absolute atomic E-state index is 0.0474. The molecule has 2 N–H and O–H groups in total. The van der Waals surface area contributed by atoms with E-state index in [0.29, 0.717) is 39.0 Å². The lowest BCUT2D eigenvalue weighted by atomic mass is 9.96. The van der Waals surface area contributed by atoms with Crippen molar-refractivity contribution in [2.45, 2.75) is 25.9 Å². The summed E-state index contributed by atoms with van der Waals surface area (Å²) < 4.78 is 6.84. The van der Waals surface area contributed by atoms with Crippen LogP contribution in [0.2, 0.25) is 0 Å². The number of amides is 3. The fourth-order valence-electron chi connectivity index (χ4n) is 3.27. The van der Waals surface area contributed by atoms with Gasteiger partial charge in [-0.3, -0.25) is 9.48 Å². The third kappa shape index (κ3) is 5.25. The largest absolute Gasteiger partial charge is 0.497 e. The SMILES string of the molecule is COc1ccc(CNC(=O)C2CCN(C(=O)NCc3cnn(C)c3)CC2)cc1. The number of carbonyl (C=O) groups is 2. The third-order valence-corrected chi connectivity index (χ3v) is 4.98. The molecule has 3 rings (SSSR count). The minimum Gasteiger partial charge on any atom is -0.497 e. The van der Waals surface area contributed by atoms with Crippen LogP contribution in [0.15, 0.2) is 36.7 Å². The van der Waals surface area contributed by atoms with Gasteiger partial charge >= 0.3 is 6.03 Å². The fourth-order valence-corrected chi connectivity index (χ4v) is 3.27. The van der Waals surface area contributed by atoms with Gasteiger partial charge in [0.2, 0.25) is 5.91 Å². The van der Waals surface area contributed by atoms with Crippen LogP contribution in [0.3, 0.4) is 0 Å². The van der Waals surface area contributed by atoms with Gasteiger partial charge in [-0.25, -0.2) is 4.79 Å². The highest BCUT2D eigenvalue weighted by atomic mass is 16.5. The third-order valence-electron chi connectivity index (χ3n) is 4.98. The van der Waals surface area contributed by atoms with Crippen LogP contribution in [0, 0.1) is 5.92 Å². The molecule has 0 atom stereocenters. The first-order valence-electron chi connectivity index (χ1n) is 9.46. The molecule has 8 nitrogen and oxygen atoms in total. The second-order valence-corrected chi connectivity index (χ2v) is 7.01. The Labute approximate surface area is 164 Å². The molecule has 1 aromatic carbocycles. The molecular formula is C20H27N5O3. The van der Waals surface area contributed by atoms with E-state index in [2.05, 4.69) is 15.7 Å². The van der Waals surface area contributed by atoms with E-state index in [1.165, 1.54) is 0 Å². The number of nitrogens with zero attached hydrogens (tertiary/aromatic N) is 3. The van der Waals surface area contributed by atoms with E-state index in [-0.39, 0.29) is 17.9 Å². The van der Waals surface area contributed by atoms with Crippen LogP contribution in [0.25, 0.3) is 0 Å². The summed E-state index contributed by atoms with van der Waals surface area (Å²) >= 11 is 0. The van der Waals surface area contributed by atoms with E-state index >= 15 is 0 Å². The first-order chi connectivity index (χ1) is 13.5. The second-order valence-electron chi connectivity index (χ2n) is 7.01. The lowest BCUT2D eigenvalue weighted by Gasteiger charge is -2.31. The van der Waals surface area contributed by atoms with Gasteiger partial charge in [0.15, 0.2) is 0 Å². The molecule has 2 aromatic rings. The highest BCUT2D eigenvalue weighted by Gasteiger charge is 2.27. The average Bonchev–Trinajstić information content (AvgIpc) is 3.16. The van der Waals surface area contributed by atoms with E-state index in [4.69, 9.17) is 4.74 Å². The van der Waals surface area contributed by atoms with Gasteiger partial charge in [0, 0.05) is 50.9 Å². The van der Waals surface area contributed by atoms with Crippen LogP contribution in [-0.4, -0.2) is 46.8 Å². The zero-order valence-electron chi connectivity index (χ0n) is 16.4. The number of carbonyl (C=O) groups excluding carboxylic acids is 2. The van der Waals surface area contributed by atoms with Crippen LogP contribution in [0.5, 0.6) is 5.75 Å². The van der Waals surface area contributed by atoms with Gasteiger partial charge in [-0.2, -0.15) is 5.10 Å². The van der Waals surface area contributed by atoms with Crippen LogP contribution < -0.4 is 15.4 Å². The summed E-state index contributed by atoms with van der Waals surface area (Å²) in [6.45, 7) is 2.11. The second kappa shape index (κ2) is 9.25. The maximum Gasteiger partial charge on any atom is 0.317 e. The number of ether oxygens (including phenoxy) is 1. The van der Waals surface area contributed by atoms with Crippen molar-refractivity contribution in [1.82, 2.24) is 25.3 Å². The fraction of sp³-hybridized carbons (Fsp3) is 0.450. The predicted molar refractivity (Wildman–Crippen MR) is 105 cm³/mol. The summed E-state index contributed by atoms with van der Waals surface area (Å²) in [6, 6.07) is 7.54. The standard InChI is InChI=1S/C20H27N5O3/c1-24-14-16(13-23-24)12-22-20(27)25-9-7-17(8-10-25)19(26)21-11-15-3-5-18(28-2)6-4-15/h3-6,13-14,17H,7-12H2,1-2H3,(H,21,26)(H,22,27). The van der Waals surface area contributed by atoms with Crippen molar-refractivity contribution >= 4 is 11.9 Å². The number of hydrogen-bond donors (Lipinski definition) is 2. The molecule has 0 bridgehead atoms. The Balaban J connectivity index is 1.38. The summed E-state index contributed by atoms with van der Waals surface area (Å²) in [7, 11) is 3.47. The molecular weight excluding hydrogens is 358 g/mol. The molecule has 1 fully saturated rings. The molecule has 8 heteroatoms. The van der Waals surface area contributed by atoms with E-state index in [1.54, 1.807) is 22.9 Å². The quantitative estimate of drug-likeness (QED) is 0.792. The molecule has 2 heterocycles. The van der Waals surface area contributed by atoms with Crippen molar-refractivity contribution < 1.29 is 14.3 Å². The van der Waals surface area contributed by atoms with Gasteiger partial charge < -0.3 is 20.3 Å². The topological polar surface area (TPSA) is 88.5 Å². The van der Waals surface area contributed by atoms with Crippen LogP contribution in [0.1, 0.15) is 24.0 Å². The Morgan fingerprint density at radius 2 is 1.79 bits per heavy atom. The molecule has 150 valence electrons. The lowest BCUT2D eigenvalue weighted by Crippen LogP contribution is -2.46. The van der Waals surface area contributed by atoms with Gasteiger partial charge in [-0.05, 0) is 30.5 Å². The van der Waals surface area contributed by atoms with Gasteiger partial charge in [-0.15, -0.1) is 0 Å². The van der Waals surface area contributed by atoms with E-state index < -0.39 is 0 Å². The first-order valence-corrected chi connectivity index (χ1v) is 9.46. The Bertz CT molecular complexity index is 794. The number of aromatic nitrogens is 2. The van der Waals surface area contributed by atoms with Crippen molar-refractivity contribution in [3.8, 4) is 5.75 Å². The summed E-state index contributed by atoms with van der Waals surface area (Å²) in [4.78, 5) is 26.5. The number of hydrogen-bond acceptors (Lipinski definition) is 4. The predicted octanol–water partition coefficient (Wildman–Crippen LogP) is 1.67. The summed E-state index contributed by atoms with van der Waals surface area (Å²) in [5.41, 5.74) is 1.99. The number of urea groups is 1. The van der Waals surface area contributed by atoms with Crippen LogP contribution in [0.4, 0.5) is 4.79 Å². The zero-order chi connectivity index (χ0) is 19.9. The molecule has 3 amide bonds. The van der Waals surface area contributed by atoms with Crippen molar-refractivity contribution in [3.63, 3.8) is 0 Å². The molecule has 1 saturated heterocycles. The first kappa shape index (κ1) is 19.7. The van der Waals surface area contributed by atoms with Crippen molar-refractivity contribution in [3.05, 3.63) is 47.8 Å². The van der Waals surface area contributed by atoms with E-state index in [0.717, 1.165) is 16.9 Å². The zero-order valence-corrected chi connectivity index (χ0v) is 16.4. The number of nitrogens with one attached hydrogen (secondary N) is 2. The lowest BCUT2D eigenvalue weighted by molar-refractivity contribution is -0.126. The molecule has 28 heavy (non-hydrogen) atoms. The van der Waals surface area contributed by atoms with Crippen molar-refractivity contribution in [2.75, 3.05) is 20.2 Å². The van der Waals surface area contributed by atoms with Crippen molar-refractivity contribution in [1.29, 1.82) is 0 Å². The van der Waals surface area contributed by atoms with Gasteiger partial charge in [-0.1, -0.05) is 12.1 Å². The maximum atomic E-state index is 12.4. The molecule has 0 unspecified atom stereocenters. The van der Waals surface area contributed by atoms with Gasteiger partial charge in [0.05, 0.1) is 13.3 Å². The minimum atomic E-state index is -0.0963. The summed E-state index contributed by atoms with van der Waals surface area (Å²) in [5, 5.41) is 9.98. The Kier molecular flexibility index (Phi) is 6.52. The normalized spacial score (nSPS) is 14.6. The van der Waals surface area contributed by atoms with E-state index in [9.17, 15) is 9.59 Å². The van der Waals surface area contributed by atoms with Gasteiger partial charge in [0.1, 0.15) is 5.75 Å². The average molecular weight is 385 g/mol.